The number of hydrogen-bond acceptors (Lipinski definition) is 2. The Morgan fingerprint density at radius 2 is 1.84 bits per heavy atom. The Kier molecular flexibility index (Phi) is 4.51. The maximum absolute atomic E-state index is 12.2. The summed E-state index contributed by atoms with van der Waals surface area (Å²) >= 11 is 5.81. The summed E-state index contributed by atoms with van der Waals surface area (Å²) in [5.41, 5.74) is 0.271. The van der Waals surface area contributed by atoms with Gasteiger partial charge in [-0.15, -0.1) is 0 Å². The standard InChI is InChI=1S/C15H22ClNO2/c1-14(2,3)9-15(4,5)17-13(19)10-6-7-12(18)11(16)8-10/h6-8,18H,9H2,1-5H3,(H,17,19). The predicted molar refractivity (Wildman–Crippen MR) is 78.7 cm³/mol. The molecule has 0 saturated carbocycles. The van der Waals surface area contributed by atoms with Gasteiger partial charge < -0.3 is 10.4 Å². The second-order valence-electron chi connectivity index (χ2n) is 6.74. The summed E-state index contributed by atoms with van der Waals surface area (Å²) < 4.78 is 0. The van der Waals surface area contributed by atoms with Crippen molar-refractivity contribution in [1.82, 2.24) is 5.32 Å². The number of nitrogens with one attached hydrogen (secondary N) is 1. The van der Waals surface area contributed by atoms with Crippen LogP contribution in [-0.4, -0.2) is 16.6 Å². The number of hydrogen-bond donors (Lipinski definition) is 2. The number of carbonyl (C=O) groups excluding carboxylic acids is 1. The van der Waals surface area contributed by atoms with Gasteiger partial charge in [-0.2, -0.15) is 0 Å². The van der Waals surface area contributed by atoms with Gasteiger partial charge in [0.05, 0.1) is 5.02 Å². The van der Waals surface area contributed by atoms with E-state index in [2.05, 4.69) is 26.1 Å². The van der Waals surface area contributed by atoms with Gasteiger partial charge in [0.15, 0.2) is 0 Å². The molecule has 1 amide bonds. The number of benzene rings is 1. The Hall–Kier alpha value is -1.22. The molecule has 0 fully saturated rings. The predicted octanol–water partition coefficient (Wildman–Crippen LogP) is 3.99. The lowest BCUT2D eigenvalue weighted by molar-refractivity contribution is 0.0891. The van der Waals surface area contributed by atoms with E-state index in [1.54, 1.807) is 6.07 Å². The first-order valence-corrected chi connectivity index (χ1v) is 6.69. The van der Waals surface area contributed by atoms with Crippen LogP contribution in [0.25, 0.3) is 0 Å². The molecule has 1 aromatic carbocycles. The Bertz CT molecular complexity index is 476. The second kappa shape index (κ2) is 5.41. The fourth-order valence-corrected chi connectivity index (χ4v) is 2.58. The van der Waals surface area contributed by atoms with Gasteiger partial charge in [-0.25, -0.2) is 0 Å². The van der Waals surface area contributed by atoms with Crippen molar-refractivity contribution in [2.45, 2.75) is 46.6 Å². The normalized spacial score (nSPS) is 12.3. The van der Waals surface area contributed by atoms with Crippen molar-refractivity contribution in [3.05, 3.63) is 28.8 Å². The summed E-state index contributed by atoms with van der Waals surface area (Å²) in [6.45, 7) is 10.4. The van der Waals surface area contributed by atoms with E-state index in [0.717, 1.165) is 6.42 Å². The quantitative estimate of drug-likeness (QED) is 0.881. The molecule has 0 atom stereocenters. The van der Waals surface area contributed by atoms with Crippen LogP contribution in [0.15, 0.2) is 18.2 Å². The lowest BCUT2D eigenvalue weighted by Gasteiger charge is -2.33. The van der Waals surface area contributed by atoms with Gasteiger partial charge in [0, 0.05) is 11.1 Å². The Morgan fingerprint density at radius 3 is 2.32 bits per heavy atom. The topological polar surface area (TPSA) is 49.3 Å². The average molecular weight is 284 g/mol. The van der Waals surface area contributed by atoms with Crippen LogP contribution in [-0.2, 0) is 0 Å². The minimum absolute atomic E-state index is 0.0211. The zero-order valence-corrected chi connectivity index (χ0v) is 12.9. The fraction of sp³-hybridized carbons (Fsp3) is 0.533. The van der Waals surface area contributed by atoms with Crippen molar-refractivity contribution < 1.29 is 9.90 Å². The molecule has 0 spiro atoms. The Labute approximate surface area is 120 Å². The molecule has 0 heterocycles. The second-order valence-corrected chi connectivity index (χ2v) is 7.15. The maximum atomic E-state index is 12.2. The van der Waals surface area contributed by atoms with Crippen LogP contribution in [0.4, 0.5) is 0 Å². The Morgan fingerprint density at radius 1 is 1.26 bits per heavy atom. The van der Waals surface area contributed by atoms with E-state index in [1.807, 2.05) is 13.8 Å². The number of aromatic hydroxyl groups is 1. The van der Waals surface area contributed by atoms with E-state index < -0.39 is 0 Å². The van der Waals surface area contributed by atoms with Crippen LogP contribution in [0.1, 0.15) is 51.4 Å². The van der Waals surface area contributed by atoms with Crippen LogP contribution in [0.5, 0.6) is 5.75 Å². The third-order valence-corrected chi connectivity index (χ3v) is 2.94. The van der Waals surface area contributed by atoms with Gasteiger partial charge in [-0.1, -0.05) is 32.4 Å². The number of phenols is 1. The molecule has 1 rings (SSSR count). The highest BCUT2D eigenvalue weighted by Gasteiger charge is 2.27. The van der Waals surface area contributed by atoms with Gasteiger partial charge >= 0.3 is 0 Å². The van der Waals surface area contributed by atoms with Gasteiger partial charge in [0.25, 0.3) is 5.91 Å². The number of rotatable bonds is 3. The van der Waals surface area contributed by atoms with Gasteiger partial charge in [0.2, 0.25) is 0 Å². The number of phenolic OH excluding ortho intramolecular Hbond substituents is 1. The highest BCUT2D eigenvalue weighted by atomic mass is 35.5. The highest BCUT2D eigenvalue weighted by molar-refractivity contribution is 6.32. The molecule has 1 aromatic rings. The fourth-order valence-electron chi connectivity index (χ4n) is 2.40. The SMILES string of the molecule is CC(C)(C)CC(C)(C)NC(=O)c1ccc(O)c(Cl)c1. The molecule has 0 radical (unpaired) electrons. The zero-order chi connectivity index (χ0) is 14.8. The first-order chi connectivity index (χ1) is 8.50. The molecule has 0 saturated heterocycles. The molecule has 2 N–H and O–H groups in total. The highest BCUT2D eigenvalue weighted by Crippen LogP contribution is 2.28. The van der Waals surface area contributed by atoms with Crippen molar-refractivity contribution in [3.63, 3.8) is 0 Å². The van der Waals surface area contributed by atoms with E-state index in [0.29, 0.717) is 5.56 Å². The number of carbonyl (C=O) groups is 1. The lowest BCUT2D eigenvalue weighted by atomic mass is 9.81. The summed E-state index contributed by atoms with van der Waals surface area (Å²) in [6.07, 6.45) is 0.859. The minimum atomic E-state index is -0.306. The molecule has 0 aliphatic heterocycles. The summed E-state index contributed by atoms with van der Waals surface area (Å²) in [6, 6.07) is 4.46. The van der Waals surface area contributed by atoms with Gasteiger partial charge in [-0.05, 0) is 43.9 Å². The molecular formula is C15H22ClNO2. The Balaban J connectivity index is 2.81. The third-order valence-electron chi connectivity index (χ3n) is 2.63. The van der Waals surface area contributed by atoms with Crippen molar-refractivity contribution in [1.29, 1.82) is 0 Å². The first kappa shape index (κ1) is 15.8. The largest absolute Gasteiger partial charge is 0.506 e. The molecule has 19 heavy (non-hydrogen) atoms. The smallest absolute Gasteiger partial charge is 0.251 e. The molecular weight excluding hydrogens is 262 g/mol. The van der Waals surface area contributed by atoms with Crippen LogP contribution in [0.3, 0.4) is 0 Å². The van der Waals surface area contributed by atoms with Crippen molar-refractivity contribution >= 4 is 17.5 Å². The minimum Gasteiger partial charge on any atom is -0.506 e. The van der Waals surface area contributed by atoms with Crippen molar-refractivity contribution in [2.75, 3.05) is 0 Å². The maximum Gasteiger partial charge on any atom is 0.251 e. The zero-order valence-electron chi connectivity index (χ0n) is 12.2. The monoisotopic (exact) mass is 283 g/mol. The van der Waals surface area contributed by atoms with E-state index in [9.17, 15) is 9.90 Å². The van der Waals surface area contributed by atoms with E-state index in [4.69, 9.17) is 11.6 Å². The van der Waals surface area contributed by atoms with E-state index in [-0.39, 0.29) is 27.6 Å². The van der Waals surface area contributed by atoms with Crippen LogP contribution in [0.2, 0.25) is 5.02 Å². The number of halogens is 1. The van der Waals surface area contributed by atoms with Crippen molar-refractivity contribution in [2.24, 2.45) is 5.41 Å². The van der Waals surface area contributed by atoms with Gasteiger partial charge in [-0.3, -0.25) is 4.79 Å². The third kappa shape index (κ3) is 5.11. The molecule has 0 aromatic heterocycles. The molecule has 0 aliphatic rings. The van der Waals surface area contributed by atoms with Crippen LogP contribution >= 0.6 is 11.6 Å². The molecule has 0 aliphatic carbocycles. The summed E-state index contributed by atoms with van der Waals surface area (Å²) in [7, 11) is 0. The summed E-state index contributed by atoms with van der Waals surface area (Å²) in [5, 5.41) is 12.5. The molecule has 4 heteroatoms. The molecule has 0 unspecified atom stereocenters. The van der Waals surface area contributed by atoms with Crippen molar-refractivity contribution in [3.8, 4) is 5.75 Å². The summed E-state index contributed by atoms with van der Waals surface area (Å²) in [4.78, 5) is 12.2. The van der Waals surface area contributed by atoms with Gasteiger partial charge in [0.1, 0.15) is 5.75 Å². The number of amides is 1. The summed E-state index contributed by atoms with van der Waals surface area (Å²) in [5.74, 6) is -0.205. The molecule has 3 nitrogen and oxygen atoms in total. The first-order valence-electron chi connectivity index (χ1n) is 6.31. The lowest BCUT2D eigenvalue weighted by Crippen LogP contribution is -2.45. The van der Waals surface area contributed by atoms with E-state index >= 15 is 0 Å². The average Bonchev–Trinajstić information content (AvgIpc) is 2.17. The molecule has 106 valence electrons. The van der Waals surface area contributed by atoms with E-state index in [1.165, 1.54) is 12.1 Å². The van der Waals surface area contributed by atoms with Crippen LogP contribution in [0, 0.1) is 5.41 Å². The molecule has 0 bridgehead atoms. The van der Waals surface area contributed by atoms with Crippen LogP contribution < -0.4 is 5.32 Å².